The molecule has 0 aliphatic carbocycles. The summed E-state index contributed by atoms with van der Waals surface area (Å²) in [5.74, 6) is 0. The van der Waals surface area contributed by atoms with Gasteiger partial charge in [-0.1, -0.05) is 0 Å². The van der Waals surface area contributed by atoms with Gasteiger partial charge in [-0.05, 0) is 0 Å². The van der Waals surface area contributed by atoms with Gasteiger partial charge in [0.05, 0.1) is 6.04 Å². The fraction of sp³-hybridized carbons (Fsp3) is 0.500. The van der Waals surface area contributed by atoms with Crippen LogP contribution in [0.5, 0.6) is 0 Å². The van der Waals surface area contributed by atoms with E-state index in [1.807, 2.05) is 0 Å². The minimum Gasteiger partial charge on any atom is -0.388 e. The molecule has 0 aromatic carbocycles. The van der Waals surface area contributed by atoms with Gasteiger partial charge in [0.15, 0.2) is 0 Å². The lowest BCUT2D eigenvalue weighted by molar-refractivity contribution is 0.221. The summed E-state index contributed by atoms with van der Waals surface area (Å²) < 4.78 is 0. The second-order valence-electron chi connectivity index (χ2n) is 2.47. The van der Waals surface area contributed by atoms with Crippen LogP contribution in [0.15, 0.2) is 12.4 Å². The zero-order valence-corrected chi connectivity index (χ0v) is 5.50. The molecule has 10 heavy (non-hydrogen) atoms. The second-order valence-corrected chi connectivity index (χ2v) is 2.47. The molecule has 2 heterocycles. The third-order valence-corrected chi connectivity index (χ3v) is 1.82. The van der Waals surface area contributed by atoms with Crippen molar-refractivity contribution in [2.45, 2.75) is 6.04 Å². The quantitative estimate of drug-likeness (QED) is 0.473. The van der Waals surface area contributed by atoms with E-state index in [4.69, 9.17) is 0 Å². The average Bonchev–Trinajstić information content (AvgIpc) is 2.34. The van der Waals surface area contributed by atoms with Gasteiger partial charge in [-0.15, -0.1) is 0 Å². The van der Waals surface area contributed by atoms with E-state index >= 15 is 0 Å². The Kier molecular flexibility index (Phi) is 1.06. The smallest absolute Gasteiger partial charge is 0.321 e. The van der Waals surface area contributed by atoms with Gasteiger partial charge in [-0.2, -0.15) is 0 Å². The summed E-state index contributed by atoms with van der Waals surface area (Å²) in [5.41, 5.74) is 0. The topological polar surface area (TPSA) is 44.4 Å². The normalized spacial score (nSPS) is 29.4. The Morgan fingerprint density at radius 1 is 1.60 bits per heavy atom. The summed E-state index contributed by atoms with van der Waals surface area (Å²) in [4.78, 5) is 12.7. The molecule has 0 bridgehead atoms. The Bertz CT molecular complexity index is 187. The molecule has 54 valence electrons. The zero-order valence-electron chi connectivity index (χ0n) is 5.50. The molecule has 1 saturated heterocycles. The van der Waals surface area contributed by atoms with Crippen LogP contribution in [0.25, 0.3) is 0 Å². The molecule has 0 spiro atoms. The molecular weight excluding hydrogens is 130 g/mol. The van der Waals surface area contributed by atoms with Crippen molar-refractivity contribution in [1.29, 1.82) is 0 Å². The van der Waals surface area contributed by atoms with Crippen LogP contribution in [0.3, 0.4) is 0 Å². The molecule has 2 rings (SSSR count). The van der Waals surface area contributed by atoms with E-state index in [2.05, 4.69) is 10.6 Å². The van der Waals surface area contributed by atoms with Crippen molar-refractivity contribution in [3.05, 3.63) is 12.4 Å². The maximum absolute atomic E-state index is 10.9. The molecule has 2 amide bonds. The Labute approximate surface area is 58.9 Å². The van der Waals surface area contributed by atoms with E-state index in [0.717, 1.165) is 13.1 Å². The highest BCUT2D eigenvalue weighted by atomic mass is 16.2. The lowest BCUT2D eigenvalue weighted by atomic mass is 10.3. The second kappa shape index (κ2) is 1.90. The Hall–Kier alpha value is -1.19. The minimum absolute atomic E-state index is 0.0164. The molecule has 4 heteroatoms. The number of carbonyl (C=O) groups is 1. The van der Waals surface area contributed by atoms with Gasteiger partial charge in [0.1, 0.15) is 0 Å². The van der Waals surface area contributed by atoms with Crippen molar-refractivity contribution in [3.8, 4) is 0 Å². The van der Waals surface area contributed by atoms with Crippen LogP contribution in [-0.4, -0.2) is 30.1 Å². The van der Waals surface area contributed by atoms with Crippen LogP contribution in [-0.2, 0) is 0 Å². The summed E-state index contributed by atoms with van der Waals surface area (Å²) in [6.45, 7) is 1.62. The van der Waals surface area contributed by atoms with Gasteiger partial charge in [0.25, 0.3) is 0 Å². The molecule has 2 aliphatic heterocycles. The maximum atomic E-state index is 10.9. The van der Waals surface area contributed by atoms with Gasteiger partial charge in [0.2, 0.25) is 0 Å². The summed E-state index contributed by atoms with van der Waals surface area (Å²) >= 11 is 0. The fourth-order valence-electron chi connectivity index (χ4n) is 1.26. The predicted octanol–water partition coefficient (Wildman–Crippen LogP) is -0.545. The highest BCUT2D eigenvalue weighted by Gasteiger charge is 2.29. The molecule has 4 nitrogen and oxygen atoms in total. The number of fused-ring (bicyclic) bond motifs is 1. The van der Waals surface area contributed by atoms with E-state index < -0.39 is 0 Å². The number of hydrogen-bond acceptors (Lipinski definition) is 2. The minimum atomic E-state index is 0.0164. The summed E-state index contributed by atoms with van der Waals surface area (Å²) in [5, 5.41) is 5.82. The Balaban J connectivity index is 2.21. The molecule has 0 saturated carbocycles. The molecule has 2 N–H and O–H groups in total. The Morgan fingerprint density at radius 3 is 3.30 bits per heavy atom. The van der Waals surface area contributed by atoms with Crippen molar-refractivity contribution in [3.63, 3.8) is 0 Å². The monoisotopic (exact) mass is 139 g/mol. The number of nitrogens with zero attached hydrogens (tertiary/aromatic N) is 1. The fourth-order valence-corrected chi connectivity index (χ4v) is 1.26. The van der Waals surface area contributed by atoms with Crippen molar-refractivity contribution in [2.24, 2.45) is 0 Å². The first kappa shape index (κ1) is 5.58. The van der Waals surface area contributed by atoms with Gasteiger partial charge >= 0.3 is 6.03 Å². The first-order valence-corrected chi connectivity index (χ1v) is 3.34. The third-order valence-electron chi connectivity index (χ3n) is 1.82. The van der Waals surface area contributed by atoms with Gasteiger partial charge in [0, 0.05) is 25.5 Å². The summed E-state index contributed by atoms with van der Waals surface area (Å²) in [6, 6.07) is 0.334. The summed E-state index contributed by atoms with van der Waals surface area (Å²) in [7, 11) is 0. The van der Waals surface area contributed by atoms with E-state index in [1.165, 1.54) is 0 Å². The number of carbonyl (C=O) groups excluding carboxylic acids is 1. The highest BCUT2D eigenvalue weighted by Crippen LogP contribution is 2.08. The van der Waals surface area contributed by atoms with Crippen LogP contribution >= 0.6 is 0 Å². The SMILES string of the molecule is O=C1NCC2CNC=CN12. The lowest BCUT2D eigenvalue weighted by Gasteiger charge is -2.22. The van der Waals surface area contributed by atoms with Crippen LogP contribution in [0.1, 0.15) is 0 Å². The molecule has 0 aromatic rings. The highest BCUT2D eigenvalue weighted by molar-refractivity contribution is 5.78. The molecule has 1 atom stereocenters. The maximum Gasteiger partial charge on any atom is 0.321 e. The first-order chi connectivity index (χ1) is 4.88. The summed E-state index contributed by atoms with van der Waals surface area (Å²) in [6.07, 6.45) is 3.57. The number of amides is 2. The third kappa shape index (κ3) is 0.650. The number of rotatable bonds is 0. The molecule has 0 radical (unpaired) electrons. The van der Waals surface area contributed by atoms with E-state index in [9.17, 15) is 4.79 Å². The molecule has 2 aliphatic rings. The van der Waals surface area contributed by atoms with Crippen molar-refractivity contribution >= 4 is 6.03 Å². The van der Waals surface area contributed by atoms with E-state index in [0.29, 0.717) is 6.04 Å². The van der Waals surface area contributed by atoms with E-state index in [-0.39, 0.29) is 6.03 Å². The van der Waals surface area contributed by atoms with Crippen molar-refractivity contribution in [2.75, 3.05) is 13.1 Å². The standard InChI is InChI=1S/C6H9N3O/c10-6-8-4-5-3-7-1-2-9(5)6/h1-2,5,7H,3-4H2,(H,8,10). The lowest BCUT2D eigenvalue weighted by Crippen LogP contribution is -2.39. The largest absolute Gasteiger partial charge is 0.388 e. The molecule has 1 fully saturated rings. The molecule has 0 aromatic heterocycles. The first-order valence-electron chi connectivity index (χ1n) is 3.34. The van der Waals surface area contributed by atoms with E-state index in [1.54, 1.807) is 17.3 Å². The molecule has 1 unspecified atom stereocenters. The van der Waals surface area contributed by atoms with Crippen LogP contribution in [0.2, 0.25) is 0 Å². The van der Waals surface area contributed by atoms with Gasteiger partial charge in [-0.3, -0.25) is 4.90 Å². The number of urea groups is 1. The van der Waals surface area contributed by atoms with Crippen molar-refractivity contribution in [1.82, 2.24) is 15.5 Å². The van der Waals surface area contributed by atoms with Crippen molar-refractivity contribution < 1.29 is 4.79 Å². The zero-order chi connectivity index (χ0) is 6.97. The molecular formula is C6H9N3O. The van der Waals surface area contributed by atoms with Gasteiger partial charge in [-0.25, -0.2) is 4.79 Å². The average molecular weight is 139 g/mol. The Morgan fingerprint density at radius 2 is 2.50 bits per heavy atom. The van der Waals surface area contributed by atoms with Gasteiger partial charge < -0.3 is 10.6 Å². The predicted molar refractivity (Wildman–Crippen MR) is 36.2 cm³/mol. The van der Waals surface area contributed by atoms with Crippen LogP contribution in [0, 0.1) is 0 Å². The number of nitrogens with one attached hydrogen (secondary N) is 2. The van der Waals surface area contributed by atoms with Crippen LogP contribution < -0.4 is 10.6 Å². The number of hydrogen-bond donors (Lipinski definition) is 2. The van der Waals surface area contributed by atoms with Crippen LogP contribution in [0.4, 0.5) is 4.79 Å².